The molecule has 0 bridgehead atoms. The van der Waals surface area contributed by atoms with Gasteiger partial charge in [-0.25, -0.2) is 4.98 Å². The number of aliphatic hydroxyl groups is 1. The van der Waals surface area contributed by atoms with Crippen molar-refractivity contribution in [3.05, 3.63) is 30.1 Å². The van der Waals surface area contributed by atoms with Crippen LogP contribution in [-0.4, -0.2) is 27.6 Å². The zero-order chi connectivity index (χ0) is 13.9. The molecule has 108 valence electrons. The van der Waals surface area contributed by atoms with E-state index in [1.54, 1.807) is 0 Å². The number of rotatable bonds is 3. The van der Waals surface area contributed by atoms with Crippen LogP contribution in [0.1, 0.15) is 38.3 Å². The first-order valence-electron chi connectivity index (χ1n) is 7.65. The second-order valence-electron chi connectivity index (χ2n) is 5.66. The molecule has 2 aromatic heterocycles. The van der Waals surface area contributed by atoms with Crippen LogP contribution < -0.4 is 4.90 Å². The minimum absolute atomic E-state index is 0.0359. The third-order valence-corrected chi connectivity index (χ3v) is 4.48. The Labute approximate surface area is 120 Å². The summed E-state index contributed by atoms with van der Waals surface area (Å²) in [6, 6.07) is 5.96. The Balaban J connectivity index is 1.93. The van der Waals surface area contributed by atoms with Crippen molar-refractivity contribution in [3.8, 4) is 0 Å². The second-order valence-corrected chi connectivity index (χ2v) is 5.66. The third-order valence-electron chi connectivity index (χ3n) is 4.48. The van der Waals surface area contributed by atoms with Crippen LogP contribution in [0.2, 0.25) is 0 Å². The molecule has 1 atom stereocenters. The van der Waals surface area contributed by atoms with Crippen LogP contribution in [0.25, 0.3) is 5.65 Å². The highest BCUT2D eigenvalue weighted by Gasteiger charge is 2.21. The molecule has 1 aliphatic rings. The number of hydrogen-bond acceptors (Lipinski definition) is 3. The number of fused-ring (bicyclic) bond motifs is 1. The zero-order valence-electron chi connectivity index (χ0n) is 12.1. The number of nitrogens with zero attached hydrogens (tertiary/aromatic N) is 3. The molecule has 4 heteroatoms. The summed E-state index contributed by atoms with van der Waals surface area (Å²) in [5.74, 6) is 1.81. The third kappa shape index (κ3) is 2.40. The van der Waals surface area contributed by atoms with Gasteiger partial charge in [-0.3, -0.25) is 4.40 Å². The maximum absolute atomic E-state index is 9.72. The average molecular weight is 273 g/mol. The second kappa shape index (κ2) is 5.83. The Morgan fingerprint density at radius 2 is 2.20 bits per heavy atom. The Kier molecular flexibility index (Phi) is 3.92. The first-order chi connectivity index (χ1) is 9.83. The molecule has 0 aromatic carbocycles. The van der Waals surface area contributed by atoms with Crippen molar-refractivity contribution in [1.82, 2.24) is 9.38 Å². The van der Waals surface area contributed by atoms with E-state index in [1.165, 1.54) is 25.7 Å². The largest absolute Gasteiger partial charge is 0.390 e. The Hall–Kier alpha value is -1.55. The number of anilines is 1. The van der Waals surface area contributed by atoms with Gasteiger partial charge in [0, 0.05) is 19.3 Å². The van der Waals surface area contributed by atoms with E-state index >= 15 is 0 Å². The molecule has 4 nitrogen and oxygen atoms in total. The lowest BCUT2D eigenvalue weighted by atomic mass is 9.98. The van der Waals surface area contributed by atoms with Crippen LogP contribution in [-0.2, 0) is 6.61 Å². The molecule has 3 heterocycles. The molecule has 0 saturated carbocycles. The molecular weight excluding hydrogens is 250 g/mol. The van der Waals surface area contributed by atoms with E-state index in [-0.39, 0.29) is 6.61 Å². The van der Waals surface area contributed by atoms with Gasteiger partial charge in [0.1, 0.15) is 5.65 Å². The van der Waals surface area contributed by atoms with Crippen LogP contribution in [0.3, 0.4) is 0 Å². The first-order valence-corrected chi connectivity index (χ1v) is 7.65. The van der Waals surface area contributed by atoms with Gasteiger partial charge in [0.2, 0.25) is 0 Å². The number of pyridine rings is 1. The first kappa shape index (κ1) is 13.4. The summed E-state index contributed by atoms with van der Waals surface area (Å²) in [5, 5.41) is 9.72. The lowest BCUT2D eigenvalue weighted by Gasteiger charge is -2.21. The van der Waals surface area contributed by atoms with E-state index in [9.17, 15) is 5.11 Å². The van der Waals surface area contributed by atoms with Crippen LogP contribution in [0.4, 0.5) is 5.82 Å². The predicted octanol–water partition coefficient (Wildman–Crippen LogP) is 2.84. The van der Waals surface area contributed by atoms with Crippen LogP contribution in [0.15, 0.2) is 24.4 Å². The maximum Gasteiger partial charge on any atom is 0.153 e. The van der Waals surface area contributed by atoms with E-state index < -0.39 is 0 Å². The highest BCUT2D eigenvalue weighted by Crippen LogP contribution is 2.27. The molecule has 1 saturated heterocycles. The standard InChI is InChI=1S/C16H23N3O/c1-2-13-6-5-9-18(11-8-13)16-14(12-20)19-10-4-3-7-15(19)17-16/h3-4,7,10,13,20H,2,5-6,8-9,11-12H2,1H3. The van der Waals surface area contributed by atoms with Gasteiger partial charge in [0.05, 0.1) is 12.3 Å². The summed E-state index contributed by atoms with van der Waals surface area (Å²) in [6.45, 7) is 4.42. The van der Waals surface area contributed by atoms with E-state index in [4.69, 9.17) is 4.98 Å². The molecule has 1 unspecified atom stereocenters. The quantitative estimate of drug-likeness (QED) is 0.935. The van der Waals surface area contributed by atoms with Crippen molar-refractivity contribution in [3.63, 3.8) is 0 Å². The molecule has 0 spiro atoms. The van der Waals surface area contributed by atoms with Crippen molar-refractivity contribution in [2.75, 3.05) is 18.0 Å². The lowest BCUT2D eigenvalue weighted by molar-refractivity contribution is 0.276. The van der Waals surface area contributed by atoms with E-state index in [0.717, 1.165) is 36.2 Å². The molecule has 2 aromatic rings. The van der Waals surface area contributed by atoms with Gasteiger partial charge in [0.15, 0.2) is 5.82 Å². The number of aliphatic hydroxyl groups excluding tert-OH is 1. The molecule has 0 aliphatic carbocycles. The molecule has 3 rings (SSSR count). The molecule has 20 heavy (non-hydrogen) atoms. The van der Waals surface area contributed by atoms with Gasteiger partial charge in [-0.15, -0.1) is 0 Å². The Morgan fingerprint density at radius 1 is 1.30 bits per heavy atom. The zero-order valence-corrected chi connectivity index (χ0v) is 12.1. The highest BCUT2D eigenvalue weighted by atomic mass is 16.3. The molecular formula is C16H23N3O. The fourth-order valence-electron chi connectivity index (χ4n) is 3.22. The lowest BCUT2D eigenvalue weighted by Crippen LogP contribution is -2.25. The summed E-state index contributed by atoms with van der Waals surface area (Å²) < 4.78 is 2.00. The summed E-state index contributed by atoms with van der Waals surface area (Å²) in [5.41, 5.74) is 1.83. The topological polar surface area (TPSA) is 40.8 Å². The minimum atomic E-state index is 0.0359. The fourth-order valence-corrected chi connectivity index (χ4v) is 3.22. The monoisotopic (exact) mass is 273 g/mol. The van der Waals surface area contributed by atoms with Gasteiger partial charge in [-0.1, -0.05) is 19.4 Å². The SMILES string of the molecule is CCC1CCCN(c2nc3ccccn3c2CO)CC1. The summed E-state index contributed by atoms with van der Waals surface area (Å²) in [4.78, 5) is 7.08. The molecule has 0 radical (unpaired) electrons. The summed E-state index contributed by atoms with van der Waals surface area (Å²) >= 11 is 0. The van der Waals surface area contributed by atoms with Crippen molar-refractivity contribution in [2.24, 2.45) is 5.92 Å². The average Bonchev–Trinajstić information content (AvgIpc) is 2.69. The van der Waals surface area contributed by atoms with Gasteiger partial charge in [-0.2, -0.15) is 0 Å². The van der Waals surface area contributed by atoms with Crippen molar-refractivity contribution >= 4 is 11.5 Å². The van der Waals surface area contributed by atoms with Crippen molar-refractivity contribution < 1.29 is 5.11 Å². The van der Waals surface area contributed by atoms with Gasteiger partial charge >= 0.3 is 0 Å². The Bertz CT molecular complexity index is 578. The number of hydrogen-bond donors (Lipinski definition) is 1. The summed E-state index contributed by atoms with van der Waals surface area (Å²) in [6.07, 6.45) is 7.01. The van der Waals surface area contributed by atoms with Crippen LogP contribution in [0, 0.1) is 5.92 Å². The van der Waals surface area contributed by atoms with Gasteiger partial charge in [0.25, 0.3) is 0 Å². The molecule has 1 fully saturated rings. The minimum Gasteiger partial charge on any atom is -0.390 e. The predicted molar refractivity (Wildman–Crippen MR) is 81.0 cm³/mol. The van der Waals surface area contributed by atoms with Crippen LogP contribution >= 0.6 is 0 Å². The smallest absolute Gasteiger partial charge is 0.153 e. The van der Waals surface area contributed by atoms with Gasteiger partial charge < -0.3 is 10.0 Å². The van der Waals surface area contributed by atoms with Crippen molar-refractivity contribution in [2.45, 2.75) is 39.2 Å². The maximum atomic E-state index is 9.72. The summed E-state index contributed by atoms with van der Waals surface area (Å²) in [7, 11) is 0. The molecule has 0 amide bonds. The molecule has 1 aliphatic heterocycles. The number of aromatic nitrogens is 2. The highest BCUT2D eigenvalue weighted by molar-refractivity contribution is 5.55. The Morgan fingerprint density at radius 3 is 3.00 bits per heavy atom. The fraction of sp³-hybridized carbons (Fsp3) is 0.562. The van der Waals surface area contributed by atoms with Gasteiger partial charge in [-0.05, 0) is 37.3 Å². The van der Waals surface area contributed by atoms with E-state index in [1.807, 2.05) is 28.8 Å². The normalized spacial score (nSPS) is 20.3. The molecule has 1 N–H and O–H groups in total. The van der Waals surface area contributed by atoms with Crippen LogP contribution in [0.5, 0.6) is 0 Å². The van der Waals surface area contributed by atoms with E-state index in [2.05, 4.69) is 11.8 Å². The number of imidazole rings is 1. The van der Waals surface area contributed by atoms with Crippen molar-refractivity contribution in [1.29, 1.82) is 0 Å². The van der Waals surface area contributed by atoms with E-state index in [0.29, 0.717) is 0 Å².